The molecule has 5 heteroatoms. The van der Waals surface area contributed by atoms with Gasteiger partial charge in [0.15, 0.2) is 9.84 Å². The minimum Gasteiger partial charge on any atom is -0.325 e. The molecule has 1 aromatic heterocycles. The second-order valence-corrected chi connectivity index (χ2v) is 7.58. The van der Waals surface area contributed by atoms with Crippen molar-refractivity contribution in [1.82, 2.24) is 4.98 Å². The fraction of sp³-hybridized carbons (Fsp3) is 0.357. The van der Waals surface area contributed by atoms with Gasteiger partial charge in [-0.25, -0.2) is 8.42 Å². The number of nitrogens with zero attached hydrogens (tertiary/aromatic N) is 1. The van der Waals surface area contributed by atoms with Crippen molar-refractivity contribution in [3.8, 4) is 0 Å². The van der Waals surface area contributed by atoms with E-state index < -0.39 is 15.4 Å². The number of para-hydroxylation sites is 1. The molecule has 0 amide bonds. The molecule has 0 aliphatic carbocycles. The number of aromatic nitrogens is 1. The highest BCUT2D eigenvalue weighted by molar-refractivity contribution is 7.90. The predicted molar refractivity (Wildman–Crippen MR) is 77.5 cm³/mol. The molecule has 0 saturated carbocycles. The van der Waals surface area contributed by atoms with Gasteiger partial charge < -0.3 is 5.73 Å². The van der Waals surface area contributed by atoms with Crippen LogP contribution in [0.4, 0.5) is 0 Å². The van der Waals surface area contributed by atoms with E-state index in [1.165, 1.54) is 0 Å². The number of benzene rings is 1. The Morgan fingerprint density at radius 2 is 1.89 bits per heavy atom. The Labute approximate surface area is 113 Å². The lowest BCUT2D eigenvalue weighted by Gasteiger charge is -2.18. The first-order chi connectivity index (χ1) is 8.77. The summed E-state index contributed by atoms with van der Waals surface area (Å²) >= 11 is 0. The SMILES string of the molecule is CC(C)(N)CS(=O)(=O)Cc1cccc2cccnc12. The van der Waals surface area contributed by atoms with Crippen LogP contribution >= 0.6 is 0 Å². The molecule has 102 valence electrons. The zero-order valence-corrected chi connectivity index (χ0v) is 11.9. The summed E-state index contributed by atoms with van der Waals surface area (Å²) in [5, 5.41) is 0.946. The van der Waals surface area contributed by atoms with Gasteiger partial charge in [-0.3, -0.25) is 4.98 Å². The maximum Gasteiger partial charge on any atom is 0.156 e. The molecular formula is C14H18N2O2S. The van der Waals surface area contributed by atoms with Crippen molar-refractivity contribution in [3.63, 3.8) is 0 Å². The number of fused-ring (bicyclic) bond motifs is 1. The van der Waals surface area contributed by atoms with E-state index >= 15 is 0 Å². The summed E-state index contributed by atoms with van der Waals surface area (Å²) < 4.78 is 24.3. The molecule has 0 unspecified atom stereocenters. The zero-order valence-electron chi connectivity index (χ0n) is 11.1. The number of sulfone groups is 1. The lowest BCUT2D eigenvalue weighted by molar-refractivity contribution is 0.544. The summed E-state index contributed by atoms with van der Waals surface area (Å²) in [6.45, 7) is 3.43. The van der Waals surface area contributed by atoms with E-state index in [2.05, 4.69) is 4.98 Å². The first kappa shape index (κ1) is 14.0. The van der Waals surface area contributed by atoms with E-state index in [-0.39, 0.29) is 11.5 Å². The number of nitrogens with two attached hydrogens (primary N) is 1. The summed E-state index contributed by atoms with van der Waals surface area (Å²) in [5.41, 5.74) is 6.53. The van der Waals surface area contributed by atoms with Crippen LogP contribution in [0.1, 0.15) is 19.4 Å². The van der Waals surface area contributed by atoms with Crippen LogP contribution in [0.3, 0.4) is 0 Å². The molecule has 2 N–H and O–H groups in total. The summed E-state index contributed by atoms with van der Waals surface area (Å²) in [6, 6.07) is 9.33. The van der Waals surface area contributed by atoms with Crippen molar-refractivity contribution in [2.75, 3.05) is 5.75 Å². The average molecular weight is 278 g/mol. The number of hydrogen-bond donors (Lipinski definition) is 1. The Morgan fingerprint density at radius 3 is 2.58 bits per heavy atom. The minimum atomic E-state index is -3.25. The van der Waals surface area contributed by atoms with Crippen LogP contribution in [-0.4, -0.2) is 24.7 Å². The van der Waals surface area contributed by atoms with Crippen LogP contribution in [0.15, 0.2) is 36.5 Å². The smallest absolute Gasteiger partial charge is 0.156 e. The van der Waals surface area contributed by atoms with Gasteiger partial charge in [0.1, 0.15) is 0 Å². The zero-order chi connectivity index (χ0) is 14.1. The van der Waals surface area contributed by atoms with Crippen molar-refractivity contribution >= 4 is 20.7 Å². The fourth-order valence-electron chi connectivity index (χ4n) is 2.14. The van der Waals surface area contributed by atoms with Crippen LogP contribution in [-0.2, 0) is 15.6 Å². The molecule has 0 spiro atoms. The number of pyridine rings is 1. The van der Waals surface area contributed by atoms with E-state index in [9.17, 15) is 8.42 Å². The molecular weight excluding hydrogens is 260 g/mol. The van der Waals surface area contributed by atoms with Crippen molar-refractivity contribution in [2.24, 2.45) is 5.73 Å². The number of hydrogen-bond acceptors (Lipinski definition) is 4. The molecule has 0 aliphatic heterocycles. The summed E-state index contributed by atoms with van der Waals surface area (Å²) in [4.78, 5) is 4.27. The lowest BCUT2D eigenvalue weighted by Crippen LogP contribution is -2.40. The van der Waals surface area contributed by atoms with Gasteiger partial charge in [-0.1, -0.05) is 24.3 Å². The third-order valence-electron chi connectivity index (χ3n) is 2.68. The van der Waals surface area contributed by atoms with Gasteiger partial charge in [0, 0.05) is 17.1 Å². The van der Waals surface area contributed by atoms with Crippen LogP contribution in [0.25, 0.3) is 10.9 Å². The molecule has 1 heterocycles. The molecule has 0 saturated heterocycles. The lowest BCUT2D eigenvalue weighted by atomic mass is 10.1. The van der Waals surface area contributed by atoms with Crippen molar-refractivity contribution in [3.05, 3.63) is 42.1 Å². The first-order valence-corrected chi connectivity index (χ1v) is 7.91. The third kappa shape index (κ3) is 3.75. The normalized spacial score (nSPS) is 12.8. The molecule has 19 heavy (non-hydrogen) atoms. The Hall–Kier alpha value is -1.46. The monoisotopic (exact) mass is 278 g/mol. The van der Waals surface area contributed by atoms with E-state index in [1.807, 2.05) is 24.3 Å². The van der Waals surface area contributed by atoms with Gasteiger partial charge in [-0.2, -0.15) is 0 Å². The average Bonchev–Trinajstić information content (AvgIpc) is 2.25. The molecule has 0 aliphatic rings. The fourth-order valence-corrected chi connectivity index (χ4v) is 4.08. The summed E-state index contributed by atoms with van der Waals surface area (Å²) in [5.74, 6) is -0.0643. The van der Waals surface area contributed by atoms with Crippen molar-refractivity contribution in [1.29, 1.82) is 0 Å². The molecule has 0 atom stereocenters. The summed E-state index contributed by atoms with van der Waals surface area (Å²) in [6.07, 6.45) is 1.67. The maximum absolute atomic E-state index is 12.2. The Balaban J connectivity index is 2.37. The topological polar surface area (TPSA) is 73.1 Å². The highest BCUT2D eigenvalue weighted by Gasteiger charge is 2.23. The molecule has 0 bridgehead atoms. The van der Waals surface area contributed by atoms with E-state index in [0.29, 0.717) is 0 Å². The van der Waals surface area contributed by atoms with Gasteiger partial charge >= 0.3 is 0 Å². The van der Waals surface area contributed by atoms with E-state index in [1.54, 1.807) is 26.1 Å². The first-order valence-electron chi connectivity index (χ1n) is 6.09. The maximum atomic E-state index is 12.2. The van der Waals surface area contributed by atoms with Crippen LogP contribution in [0, 0.1) is 0 Å². The summed E-state index contributed by atoms with van der Waals surface area (Å²) in [7, 11) is -3.25. The molecule has 0 radical (unpaired) electrons. The highest BCUT2D eigenvalue weighted by atomic mass is 32.2. The van der Waals surface area contributed by atoms with Gasteiger partial charge in [-0.05, 0) is 25.5 Å². The number of rotatable bonds is 4. The van der Waals surface area contributed by atoms with E-state index in [0.717, 1.165) is 16.5 Å². The molecule has 1 aromatic carbocycles. The van der Waals surface area contributed by atoms with Gasteiger partial charge in [0.2, 0.25) is 0 Å². The highest BCUT2D eigenvalue weighted by Crippen LogP contribution is 2.19. The Kier molecular flexibility index (Phi) is 3.60. The standard InChI is InChI=1S/C14H18N2O2S/c1-14(2,15)10-19(17,18)9-12-6-3-5-11-7-4-8-16-13(11)12/h3-8H,9-10,15H2,1-2H3. The minimum absolute atomic E-state index is 0.0258. The second kappa shape index (κ2) is 4.90. The van der Waals surface area contributed by atoms with Crippen molar-refractivity contribution in [2.45, 2.75) is 25.1 Å². The van der Waals surface area contributed by atoms with Crippen LogP contribution in [0.5, 0.6) is 0 Å². The molecule has 4 nitrogen and oxygen atoms in total. The predicted octanol–water partition coefficient (Wildman–Crippen LogP) is 1.89. The second-order valence-electron chi connectivity index (χ2n) is 5.51. The van der Waals surface area contributed by atoms with E-state index in [4.69, 9.17) is 5.73 Å². The quantitative estimate of drug-likeness (QED) is 0.927. The van der Waals surface area contributed by atoms with Gasteiger partial charge in [0.25, 0.3) is 0 Å². The van der Waals surface area contributed by atoms with Crippen LogP contribution < -0.4 is 5.73 Å². The van der Waals surface area contributed by atoms with Gasteiger partial charge in [0.05, 0.1) is 17.0 Å². The third-order valence-corrected chi connectivity index (χ3v) is 4.62. The Bertz CT molecular complexity index is 683. The largest absolute Gasteiger partial charge is 0.325 e. The molecule has 0 fully saturated rings. The Morgan fingerprint density at radius 1 is 1.21 bits per heavy atom. The van der Waals surface area contributed by atoms with Crippen LogP contribution in [0.2, 0.25) is 0 Å². The van der Waals surface area contributed by atoms with Gasteiger partial charge in [-0.15, -0.1) is 0 Å². The van der Waals surface area contributed by atoms with Crippen molar-refractivity contribution < 1.29 is 8.42 Å². The molecule has 2 rings (SSSR count). The molecule has 2 aromatic rings.